The van der Waals surface area contributed by atoms with E-state index in [0.29, 0.717) is 45.1 Å². The molecule has 4 rings (SSSR count). The SMILES string of the molecule is COC(=O)c1ccc2c(=O)[nH]c(CSc3nnc(C4CC4)o3)nc2c1. The molecule has 2 heterocycles. The van der Waals surface area contributed by atoms with Crippen LogP contribution >= 0.6 is 11.8 Å². The van der Waals surface area contributed by atoms with E-state index >= 15 is 0 Å². The van der Waals surface area contributed by atoms with Gasteiger partial charge in [0.05, 0.1) is 29.3 Å². The van der Waals surface area contributed by atoms with Gasteiger partial charge in [-0.2, -0.15) is 0 Å². The molecule has 0 saturated heterocycles. The lowest BCUT2D eigenvalue weighted by Crippen LogP contribution is -2.12. The average Bonchev–Trinajstić information content (AvgIpc) is 3.37. The highest BCUT2D eigenvalue weighted by atomic mass is 32.2. The minimum atomic E-state index is -0.474. The Bertz CT molecular complexity index is 1010. The number of nitrogens with one attached hydrogen (secondary N) is 1. The van der Waals surface area contributed by atoms with Gasteiger partial charge in [0.2, 0.25) is 5.89 Å². The lowest BCUT2D eigenvalue weighted by Gasteiger charge is -2.03. The Hall–Kier alpha value is -2.68. The van der Waals surface area contributed by atoms with Crippen LogP contribution in [0.3, 0.4) is 0 Å². The van der Waals surface area contributed by atoms with Gasteiger partial charge in [-0.05, 0) is 31.0 Å². The van der Waals surface area contributed by atoms with Crippen LogP contribution in [0.25, 0.3) is 10.9 Å². The zero-order valence-corrected chi connectivity index (χ0v) is 14.1. The van der Waals surface area contributed by atoms with Gasteiger partial charge in [0, 0.05) is 5.92 Å². The number of benzene rings is 1. The molecule has 0 aliphatic heterocycles. The van der Waals surface area contributed by atoms with Crippen molar-refractivity contribution in [2.45, 2.75) is 29.7 Å². The topological polar surface area (TPSA) is 111 Å². The molecular formula is C16H14N4O4S. The molecule has 128 valence electrons. The molecule has 9 heteroatoms. The highest BCUT2D eigenvalue weighted by Gasteiger charge is 2.29. The van der Waals surface area contributed by atoms with Gasteiger partial charge in [-0.1, -0.05) is 11.8 Å². The van der Waals surface area contributed by atoms with E-state index in [0.717, 1.165) is 12.8 Å². The van der Waals surface area contributed by atoms with Crippen LogP contribution in [0.2, 0.25) is 0 Å². The van der Waals surface area contributed by atoms with Gasteiger partial charge < -0.3 is 14.1 Å². The van der Waals surface area contributed by atoms with E-state index in [1.54, 1.807) is 12.1 Å². The van der Waals surface area contributed by atoms with E-state index < -0.39 is 5.97 Å². The average molecular weight is 358 g/mol. The summed E-state index contributed by atoms with van der Waals surface area (Å²) in [5.74, 6) is 1.44. The first-order valence-corrected chi connectivity index (χ1v) is 8.70. The quantitative estimate of drug-likeness (QED) is 0.546. The number of ether oxygens (including phenoxy) is 1. The number of aromatic nitrogens is 4. The summed E-state index contributed by atoms with van der Waals surface area (Å²) in [5.41, 5.74) is 0.519. The van der Waals surface area contributed by atoms with Gasteiger partial charge >= 0.3 is 5.97 Å². The molecule has 3 aromatic rings. The van der Waals surface area contributed by atoms with E-state index in [9.17, 15) is 9.59 Å². The zero-order valence-electron chi connectivity index (χ0n) is 13.3. The largest absolute Gasteiger partial charge is 0.465 e. The third-order valence-corrected chi connectivity index (χ3v) is 4.69. The second-order valence-electron chi connectivity index (χ2n) is 5.71. The predicted octanol–water partition coefficient (Wildman–Crippen LogP) is 2.26. The molecule has 25 heavy (non-hydrogen) atoms. The van der Waals surface area contributed by atoms with Crippen molar-refractivity contribution in [3.8, 4) is 0 Å². The second kappa shape index (κ2) is 6.32. The van der Waals surface area contributed by atoms with Crippen molar-refractivity contribution in [1.29, 1.82) is 0 Å². The van der Waals surface area contributed by atoms with Gasteiger partial charge in [0.15, 0.2) is 0 Å². The fourth-order valence-electron chi connectivity index (χ4n) is 2.41. The Morgan fingerprint density at radius 3 is 3.00 bits per heavy atom. The number of methoxy groups -OCH3 is 1. The van der Waals surface area contributed by atoms with Gasteiger partial charge in [-0.3, -0.25) is 4.79 Å². The number of esters is 1. The van der Waals surface area contributed by atoms with Gasteiger partial charge in [0.1, 0.15) is 5.82 Å². The predicted molar refractivity (Wildman–Crippen MR) is 89.5 cm³/mol. The Balaban J connectivity index is 1.57. The summed E-state index contributed by atoms with van der Waals surface area (Å²) in [6, 6.07) is 4.64. The normalized spacial score (nSPS) is 14.0. The van der Waals surface area contributed by atoms with Crippen LogP contribution in [-0.2, 0) is 10.5 Å². The molecule has 0 radical (unpaired) electrons. The van der Waals surface area contributed by atoms with Crippen molar-refractivity contribution in [3.63, 3.8) is 0 Å². The molecule has 0 unspecified atom stereocenters. The summed E-state index contributed by atoms with van der Waals surface area (Å²) in [6.45, 7) is 0. The van der Waals surface area contributed by atoms with E-state index in [-0.39, 0.29) is 5.56 Å². The Morgan fingerprint density at radius 2 is 2.24 bits per heavy atom. The highest BCUT2D eigenvalue weighted by molar-refractivity contribution is 7.98. The molecule has 0 atom stereocenters. The van der Waals surface area contributed by atoms with Crippen LogP contribution in [0.5, 0.6) is 0 Å². The molecule has 1 N–H and O–H groups in total. The minimum absolute atomic E-state index is 0.263. The maximum Gasteiger partial charge on any atom is 0.337 e. The molecule has 0 amide bonds. The lowest BCUT2D eigenvalue weighted by atomic mass is 10.1. The van der Waals surface area contributed by atoms with Gasteiger partial charge in [0.25, 0.3) is 10.8 Å². The molecule has 0 bridgehead atoms. The molecule has 8 nitrogen and oxygen atoms in total. The minimum Gasteiger partial charge on any atom is -0.465 e. The summed E-state index contributed by atoms with van der Waals surface area (Å²) >= 11 is 1.31. The summed E-state index contributed by atoms with van der Waals surface area (Å²) in [6.07, 6.45) is 2.18. The fraction of sp³-hybridized carbons (Fsp3) is 0.312. The lowest BCUT2D eigenvalue weighted by molar-refractivity contribution is 0.0601. The monoisotopic (exact) mass is 358 g/mol. The van der Waals surface area contributed by atoms with Crippen LogP contribution in [0.1, 0.15) is 40.8 Å². The van der Waals surface area contributed by atoms with Crippen molar-refractivity contribution in [2.24, 2.45) is 0 Å². The fourth-order valence-corrected chi connectivity index (χ4v) is 3.04. The standard InChI is InChI=1S/C16H14N4O4S/c1-23-15(22)9-4-5-10-11(6-9)17-12(18-13(10)21)7-25-16-20-19-14(24-16)8-2-3-8/h4-6,8H,2-3,7H2,1H3,(H,17,18,21). The Labute approximate surface area is 146 Å². The first-order chi connectivity index (χ1) is 12.1. The number of hydrogen-bond donors (Lipinski definition) is 1. The summed E-state index contributed by atoms with van der Waals surface area (Å²) in [5, 5.41) is 8.87. The smallest absolute Gasteiger partial charge is 0.337 e. The van der Waals surface area contributed by atoms with Crippen molar-refractivity contribution < 1.29 is 13.9 Å². The molecule has 1 aromatic carbocycles. The van der Waals surface area contributed by atoms with Gasteiger partial charge in [-0.15, -0.1) is 10.2 Å². The molecule has 1 saturated carbocycles. The van der Waals surface area contributed by atoms with Crippen molar-refractivity contribution in [3.05, 3.63) is 45.8 Å². The number of aromatic amines is 1. The van der Waals surface area contributed by atoms with Crippen LogP contribution in [0.4, 0.5) is 0 Å². The van der Waals surface area contributed by atoms with E-state index in [2.05, 4.69) is 20.2 Å². The van der Waals surface area contributed by atoms with Crippen molar-refractivity contribution in [2.75, 3.05) is 7.11 Å². The Kier molecular flexibility index (Phi) is 4.00. The van der Waals surface area contributed by atoms with Crippen LogP contribution in [0, 0.1) is 0 Å². The van der Waals surface area contributed by atoms with Crippen molar-refractivity contribution in [1.82, 2.24) is 20.2 Å². The van der Waals surface area contributed by atoms with Gasteiger partial charge in [-0.25, -0.2) is 9.78 Å². The third-order valence-electron chi connectivity index (χ3n) is 3.86. The number of H-pyrrole nitrogens is 1. The highest BCUT2D eigenvalue weighted by Crippen LogP contribution is 2.39. The number of carbonyl (C=O) groups is 1. The molecule has 1 fully saturated rings. The summed E-state index contributed by atoms with van der Waals surface area (Å²) < 4.78 is 10.3. The van der Waals surface area contributed by atoms with E-state index in [1.807, 2.05) is 0 Å². The summed E-state index contributed by atoms with van der Waals surface area (Å²) in [7, 11) is 1.31. The first kappa shape index (κ1) is 15.8. The number of fused-ring (bicyclic) bond motifs is 1. The molecule has 0 spiro atoms. The second-order valence-corrected chi connectivity index (χ2v) is 6.63. The number of nitrogens with zero attached hydrogens (tertiary/aromatic N) is 3. The maximum atomic E-state index is 12.2. The molecular weight excluding hydrogens is 344 g/mol. The van der Waals surface area contributed by atoms with Crippen LogP contribution in [-0.4, -0.2) is 33.2 Å². The van der Waals surface area contributed by atoms with E-state index in [4.69, 9.17) is 9.15 Å². The number of hydrogen-bond acceptors (Lipinski definition) is 8. The molecule has 1 aliphatic rings. The maximum absolute atomic E-state index is 12.2. The third kappa shape index (κ3) is 3.27. The van der Waals surface area contributed by atoms with Crippen LogP contribution in [0.15, 0.2) is 32.6 Å². The Morgan fingerprint density at radius 1 is 1.40 bits per heavy atom. The number of rotatable bonds is 5. The number of thioether (sulfide) groups is 1. The first-order valence-electron chi connectivity index (χ1n) is 7.71. The summed E-state index contributed by atoms with van der Waals surface area (Å²) in [4.78, 5) is 31.0. The molecule has 1 aliphatic carbocycles. The number of carbonyl (C=O) groups excluding carboxylic acids is 1. The van der Waals surface area contributed by atoms with E-state index in [1.165, 1.54) is 24.9 Å². The van der Waals surface area contributed by atoms with Crippen LogP contribution < -0.4 is 5.56 Å². The zero-order chi connectivity index (χ0) is 17.4. The molecule has 2 aromatic heterocycles. The van der Waals surface area contributed by atoms with Crippen molar-refractivity contribution >= 4 is 28.6 Å².